The fourth-order valence-electron chi connectivity index (χ4n) is 1.27. The van der Waals surface area contributed by atoms with Gasteiger partial charge in [-0.3, -0.25) is 14.6 Å². The van der Waals surface area contributed by atoms with Crippen LogP contribution in [0.25, 0.3) is 0 Å². The average molecular weight is 237 g/mol. The number of nitrogens with zero attached hydrogens (tertiary/aromatic N) is 3. The molecule has 0 aliphatic heterocycles. The van der Waals surface area contributed by atoms with Gasteiger partial charge in [-0.15, -0.1) is 0 Å². The number of amides is 1. The van der Waals surface area contributed by atoms with E-state index in [0.717, 1.165) is 5.69 Å². The van der Waals surface area contributed by atoms with Crippen molar-refractivity contribution in [2.24, 2.45) is 5.92 Å². The molecule has 6 nitrogen and oxygen atoms in total. The molecule has 0 aliphatic carbocycles. The molecular formula is C11H15N3O3. The molecule has 0 aromatic carbocycles. The summed E-state index contributed by atoms with van der Waals surface area (Å²) in [6.45, 7) is 3.47. The standard InChI is InChI=1S/C11H15N3O3/c1-7(11(16)17)6-14(3)10(15)9-5-12-8(2)4-13-9/h4-5,7H,6H2,1-3H3,(H,16,17). The van der Waals surface area contributed by atoms with Crippen LogP contribution >= 0.6 is 0 Å². The first-order valence-corrected chi connectivity index (χ1v) is 5.18. The zero-order valence-corrected chi connectivity index (χ0v) is 10.0. The molecule has 1 rings (SSSR count). The van der Waals surface area contributed by atoms with Crippen LogP contribution in [-0.4, -0.2) is 45.4 Å². The summed E-state index contributed by atoms with van der Waals surface area (Å²) in [6.07, 6.45) is 2.89. The van der Waals surface area contributed by atoms with Crippen molar-refractivity contribution in [1.29, 1.82) is 0 Å². The number of hydrogen-bond acceptors (Lipinski definition) is 4. The van der Waals surface area contributed by atoms with Gasteiger partial charge >= 0.3 is 5.97 Å². The van der Waals surface area contributed by atoms with E-state index < -0.39 is 11.9 Å². The number of carbonyl (C=O) groups is 2. The Labute approximate surface area is 99.3 Å². The van der Waals surface area contributed by atoms with Crippen molar-refractivity contribution in [1.82, 2.24) is 14.9 Å². The van der Waals surface area contributed by atoms with Crippen LogP contribution in [0, 0.1) is 12.8 Å². The molecule has 1 unspecified atom stereocenters. The van der Waals surface area contributed by atoms with Crippen LogP contribution < -0.4 is 0 Å². The highest BCUT2D eigenvalue weighted by molar-refractivity contribution is 5.92. The summed E-state index contributed by atoms with van der Waals surface area (Å²) in [4.78, 5) is 31.8. The molecule has 0 aliphatic rings. The highest BCUT2D eigenvalue weighted by Crippen LogP contribution is 2.03. The largest absolute Gasteiger partial charge is 0.481 e. The second-order valence-corrected chi connectivity index (χ2v) is 3.97. The Morgan fingerprint density at radius 2 is 2.06 bits per heavy atom. The van der Waals surface area contributed by atoms with E-state index in [0.29, 0.717) is 0 Å². The van der Waals surface area contributed by atoms with Gasteiger partial charge in [0.05, 0.1) is 17.8 Å². The molecule has 1 aromatic rings. The zero-order valence-electron chi connectivity index (χ0n) is 10.0. The number of hydrogen-bond donors (Lipinski definition) is 1. The average Bonchev–Trinajstić information content (AvgIpc) is 2.28. The van der Waals surface area contributed by atoms with Crippen LogP contribution in [0.15, 0.2) is 12.4 Å². The third kappa shape index (κ3) is 3.51. The van der Waals surface area contributed by atoms with Crippen molar-refractivity contribution in [2.45, 2.75) is 13.8 Å². The van der Waals surface area contributed by atoms with Crippen LogP contribution in [0.2, 0.25) is 0 Å². The van der Waals surface area contributed by atoms with Crippen molar-refractivity contribution in [2.75, 3.05) is 13.6 Å². The van der Waals surface area contributed by atoms with Crippen LogP contribution in [-0.2, 0) is 4.79 Å². The molecule has 1 heterocycles. The summed E-state index contributed by atoms with van der Waals surface area (Å²) in [5, 5.41) is 8.75. The molecule has 92 valence electrons. The van der Waals surface area contributed by atoms with E-state index in [9.17, 15) is 9.59 Å². The number of carbonyl (C=O) groups excluding carboxylic acids is 1. The monoisotopic (exact) mass is 237 g/mol. The first-order chi connectivity index (χ1) is 7.91. The summed E-state index contributed by atoms with van der Waals surface area (Å²) in [7, 11) is 1.54. The highest BCUT2D eigenvalue weighted by atomic mass is 16.4. The van der Waals surface area contributed by atoms with Gasteiger partial charge in [-0.1, -0.05) is 6.92 Å². The van der Waals surface area contributed by atoms with Crippen molar-refractivity contribution in [3.63, 3.8) is 0 Å². The summed E-state index contributed by atoms with van der Waals surface area (Å²) in [5.41, 5.74) is 0.943. The topological polar surface area (TPSA) is 83.4 Å². The maximum absolute atomic E-state index is 11.8. The Bertz CT molecular complexity index is 416. The van der Waals surface area contributed by atoms with E-state index in [1.807, 2.05) is 0 Å². The van der Waals surface area contributed by atoms with Crippen molar-refractivity contribution >= 4 is 11.9 Å². The molecule has 0 radical (unpaired) electrons. The maximum atomic E-state index is 11.8. The van der Waals surface area contributed by atoms with Gasteiger partial charge in [-0.2, -0.15) is 0 Å². The van der Waals surface area contributed by atoms with Crippen LogP contribution in [0.5, 0.6) is 0 Å². The van der Waals surface area contributed by atoms with Gasteiger partial charge in [0, 0.05) is 19.8 Å². The van der Waals surface area contributed by atoms with Crippen molar-refractivity contribution in [3.8, 4) is 0 Å². The summed E-state index contributed by atoms with van der Waals surface area (Å²) in [5.74, 6) is -1.87. The zero-order chi connectivity index (χ0) is 13.0. The van der Waals surface area contributed by atoms with E-state index in [-0.39, 0.29) is 18.1 Å². The second kappa shape index (κ2) is 5.38. The number of aromatic nitrogens is 2. The molecule has 0 saturated carbocycles. The van der Waals surface area contributed by atoms with E-state index in [2.05, 4.69) is 9.97 Å². The molecule has 0 saturated heterocycles. The third-order valence-corrected chi connectivity index (χ3v) is 2.32. The molecule has 1 N–H and O–H groups in total. The Morgan fingerprint density at radius 1 is 1.41 bits per heavy atom. The lowest BCUT2D eigenvalue weighted by molar-refractivity contribution is -0.141. The predicted molar refractivity (Wildman–Crippen MR) is 60.5 cm³/mol. The minimum atomic E-state index is -0.931. The molecule has 1 amide bonds. The molecule has 0 bridgehead atoms. The first-order valence-electron chi connectivity index (χ1n) is 5.18. The Hall–Kier alpha value is -1.98. The quantitative estimate of drug-likeness (QED) is 0.828. The Balaban J connectivity index is 2.70. The molecular weight excluding hydrogens is 222 g/mol. The fraction of sp³-hybridized carbons (Fsp3) is 0.455. The molecule has 1 aromatic heterocycles. The number of aliphatic carboxylic acids is 1. The summed E-state index contributed by atoms with van der Waals surface area (Å²) < 4.78 is 0. The van der Waals surface area contributed by atoms with Crippen LogP contribution in [0.4, 0.5) is 0 Å². The lowest BCUT2D eigenvalue weighted by Crippen LogP contribution is -2.34. The molecule has 17 heavy (non-hydrogen) atoms. The van der Waals surface area contributed by atoms with Gasteiger partial charge in [0.1, 0.15) is 5.69 Å². The lowest BCUT2D eigenvalue weighted by atomic mass is 10.2. The van der Waals surface area contributed by atoms with Gasteiger partial charge in [0.15, 0.2) is 0 Å². The molecule has 6 heteroatoms. The molecule has 1 atom stereocenters. The van der Waals surface area contributed by atoms with Gasteiger partial charge < -0.3 is 10.0 Å². The number of carboxylic acid groups (broad SMARTS) is 1. The normalized spacial score (nSPS) is 11.9. The van der Waals surface area contributed by atoms with Gasteiger partial charge in [0.2, 0.25) is 0 Å². The predicted octanol–water partition coefficient (Wildman–Crippen LogP) is 0.578. The van der Waals surface area contributed by atoms with E-state index in [4.69, 9.17) is 5.11 Å². The van der Waals surface area contributed by atoms with Crippen LogP contribution in [0.1, 0.15) is 23.1 Å². The van der Waals surface area contributed by atoms with Crippen LogP contribution in [0.3, 0.4) is 0 Å². The Kier molecular flexibility index (Phi) is 4.14. The SMILES string of the molecule is Cc1cnc(C(=O)N(C)CC(C)C(=O)O)cn1. The summed E-state index contributed by atoms with van der Waals surface area (Å²) in [6, 6.07) is 0. The first kappa shape index (κ1) is 13.1. The Morgan fingerprint density at radius 3 is 2.53 bits per heavy atom. The van der Waals surface area contributed by atoms with Gasteiger partial charge in [-0.05, 0) is 6.92 Å². The van der Waals surface area contributed by atoms with Gasteiger partial charge in [0.25, 0.3) is 5.91 Å². The number of carboxylic acids is 1. The lowest BCUT2D eigenvalue weighted by Gasteiger charge is -2.18. The highest BCUT2D eigenvalue weighted by Gasteiger charge is 2.19. The third-order valence-electron chi connectivity index (χ3n) is 2.32. The van der Waals surface area contributed by atoms with Crippen molar-refractivity contribution in [3.05, 3.63) is 23.8 Å². The second-order valence-electron chi connectivity index (χ2n) is 3.97. The summed E-state index contributed by atoms with van der Waals surface area (Å²) >= 11 is 0. The maximum Gasteiger partial charge on any atom is 0.308 e. The number of aryl methyl sites for hydroxylation is 1. The van der Waals surface area contributed by atoms with Gasteiger partial charge in [-0.25, -0.2) is 4.98 Å². The van der Waals surface area contributed by atoms with Crippen molar-refractivity contribution < 1.29 is 14.7 Å². The van der Waals surface area contributed by atoms with E-state index >= 15 is 0 Å². The minimum absolute atomic E-state index is 0.143. The molecule has 0 fully saturated rings. The minimum Gasteiger partial charge on any atom is -0.481 e. The number of rotatable bonds is 4. The molecule has 0 spiro atoms. The van der Waals surface area contributed by atoms with E-state index in [1.165, 1.54) is 17.3 Å². The smallest absolute Gasteiger partial charge is 0.308 e. The fourth-order valence-corrected chi connectivity index (χ4v) is 1.27. The van der Waals surface area contributed by atoms with E-state index in [1.54, 1.807) is 20.9 Å².